The third-order valence-electron chi connectivity index (χ3n) is 4.22. The van der Waals surface area contributed by atoms with E-state index in [0.29, 0.717) is 12.1 Å². The number of anilines is 1. The minimum absolute atomic E-state index is 0.0330. The molecule has 0 fully saturated rings. The van der Waals surface area contributed by atoms with Crippen molar-refractivity contribution < 1.29 is 9.90 Å². The minimum atomic E-state index is -0.126. The first-order chi connectivity index (χ1) is 12.1. The van der Waals surface area contributed by atoms with Crippen LogP contribution < -0.4 is 5.32 Å². The summed E-state index contributed by atoms with van der Waals surface area (Å²) in [5, 5.41) is 12.8. The number of nitrogens with one attached hydrogen (secondary N) is 1. The van der Waals surface area contributed by atoms with E-state index in [2.05, 4.69) is 5.32 Å². The fourth-order valence-corrected chi connectivity index (χ4v) is 2.94. The van der Waals surface area contributed by atoms with Gasteiger partial charge in [-0.3, -0.25) is 4.79 Å². The molecule has 0 spiro atoms. The van der Waals surface area contributed by atoms with Gasteiger partial charge in [0.2, 0.25) is 5.91 Å². The van der Waals surface area contributed by atoms with Gasteiger partial charge < -0.3 is 10.4 Å². The van der Waals surface area contributed by atoms with Gasteiger partial charge in [-0.15, -0.1) is 0 Å². The van der Waals surface area contributed by atoms with E-state index >= 15 is 0 Å². The highest BCUT2D eigenvalue weighted by atomic mass is 16.3. The lowest BCUT2D eigenvalue weighted by Crippen LogP contribution is -2.16. The van der Waals surface area contributed by atoms with Crippen LogP contribution in [0.2, 0.25) is 0 Å². The Kier molecular flexibility index (Phi) is 5.14. The number of aryl methyl sites for hydroxylation is 1. The Morgan fingerprint density at radius 3 is 2.04 bits per heavy atom. The maximum absolute atomic E-state index is 12.6. The molecule has 0 atom stereocenters. The quantitative estimate of drug-likeness (QED) is 0.656. The molecule has 0 heterocycles. The topological polar surface area (TPSA) is 49.3 Å². The first-order valence-electron chi connectivity index (χ1n) is 8.33. The molecule has 0 aliphatic heterocycles. The number of phenols is 1. The number of carbonyl (C=O) groups is 1. The maximum Gasteiger partial charge on any atom is 0.225 e. The largest absolute Gasteiger partial charge is 0.506 e. The highest BCUT2D eigenvalue weighted by molar-refractivity contribution is 5.93. The lowest BCUT2D eigenvalue weighted by molar-refractivity contribution is -0.116. The summed E-state index contributed by atoms with van der Waals surface area (Å²) in [4.78, 5) is 12.6. The second-order valence-corrected chi connectivity index (χ2v) is 6.15. The van der Waals surface area contributed by atoms with E-state index in [1.165, 1.54) is 0 Å². The number of aromatic hydroxyl groups is 1. The van der Waals surface area contributed by atoms with Crippen molar-refractivity contribution in [1.29, 1.82) is 0 Å². The molecule has 0 radical (unpaired) electrons. The zero-order valence-corrected chi connectivity index (χ0v) is 14.1. The number of amides is 1. The van der Waals surface area contributed by atoms with Crippen molar-refractivity contribution in [2.24, 2.45) is 0 Å². The molecule has 3 nitrogen and oxygen atoms in total. The molecule has 2 N–H and O–H groups in total. The van der Waals surface area contributed by atoms with Gasteiger partial charge in [0.15, 0.2) is 0 Å². The molecule has 0 saturated carbocycles. The molecule has 3 aromatic rings. The summed E-state index contributed by atoms with van der Waals surface area (Å²) in [5.41, 5.74) is 3.62. The summed E-state index contributed by atoms with van der Waals surface area (Å²) in [7, 11) is 0. The molecule has 0 saturated heterocycles. The van der Waals surface area contributed by atoms with Gasteiger partial charge >= 0.3 is 0 Å². The SMILES string of the molecule is Cc1ccc(O)c(NC(=O)CC(c2ccccc2)c2ccccc2)c1. The van der Waals surface area contributed by atoms with Gasteiger partial charge in [0.1, 0.15) is 5.75 Å². The van der Waals surface area contributed by atoms with E-state index in [9.17, 15) is 9.90 Å². The van der Waals surface area contributed by atoms with E-state index in [4.69, 9.17) is 0 Å². The van der Waals surface area contributed by atoms with Gasteiger partial charge in [-0.25, -0.2) is 0 Å². The molecular formula is C22H21NO2. The summed E-state index contributed by atoms with van der Waals surface area (Å²) in [6, 6.07) is 25.2. The molecule has 3 rings (SSSR count). The third-order valence-corrected chi connectivity index (χ3v) is 4.22. The van der Waals surface area contributed by atoms with Crippen molar-refractivity contribution in [3.63, 3.8) is 0 Å². The Hall–Kier alpha value is -3.07. The van der Waals surface area contributed by atoms with Crippen LogP contribution in [-0.2, 0) is 4.79 Å². The zero-order chi connectivity index (χ0) is 17.6. The molecule has 0 aliphatic carbocycles. The fourth-order valence-electron chi connectivity index (χ4n) is 2.94. The van der Waals surface area contributed by atoms with Gasteiger partial charge in [-0.2, -0.15) is 0 Å². The highest BCUT2D eigenvalue weighted by Gasteiger charge is 2.18. The first kappa shape index (κ1) is 16.8. The van der Waals surface area contributed by atoms with Crippen LogP contribution in [0.3, 0.4) is 0 Å². The van der Waals surface area contributed by atoms with Gasteiger partial charge in [0, 0.05) is 12.3 Å². The fraction of sp³-hybridized carbons (Fsp3) is 0.136. The molecule has 126 valence electrons. The number of carbonyl (C=O) groups excluding carboxylic acids is 1. The lowest BCUT2D eigenvalue weighted by atomic mass is 9.88. The van der Waals surface area contributed by atoms with Gasteiger partial charge in [0.05, 0.1) is 5.69 Å². The minimum Gasteiger partial charge on any atom is -0.506 e. The maximum atomic E-state index is 12.6. The van der Waals surface area contributed by atoms with Crippen LogP contribution in [0, 0.1) is 6.92 Å². The standard InChI is InChI=1S/C22H21NO2/c1-16-12-13-21(24)20(14-16)23-22(25)15-19(17-8-4-2-5-9-17)18-10-6-3-7-11-18/h2-14,19,24H,15H2,1H3,(H,23,25). The Bertz CT molecular complexity index is 805. The lowest BCUT2D eigenvalue weighted by Gasteiger charge is -2.18. The van der Waals surface area contributed by atoms with Crippen molar-refractivity contribution in [2.75, 3.05) is 5.32 Å². The normalized spacial score (nSPS) is 10.6. The molecule has 3 heteroatoms. The molecule has 3 aromatic carbocycles. The average molecular weight is 331 g/mol. The molecular weight excluding hydrogens is 310 g/mol. The summed E-state index contributed by atoms with van der Waals surface area (Å²) >= 11 is 0. The number of hydrogen-bond donors (Lipinski definition) is 2. The van der Waals surface area contributed by atoms with Crippen molar-refractivity contribution in [3.05, 3.63) is 95.6 Å². The zero-order valence-electron chi connectivity index (χ0n) is 14.1. The van der Waals surface area contributed by atoms with Crippen LogP contribution >= 0.6 is 0 Å². The Labute approximate surface area is 148 Å². The Morgan fingerprint density at radius 1 is 0.920 bits per heavy atom. The molecule has 1 amide bonds. The van der Waals surface area contributed by atoms with Crippen molar-refractivity contribution in [3.8, 4) is 5.75 Å². The number of benzene rings is 3. The van der Waals surface area contributed by atoms with Crippen molar-refractivity contribution >= 4 is 11.6 Å². The predicted molar refractivity (Wildman–Crippen MR) is 101 cm³/mol. The molecule has 0 aromatic heterocycles. The highest BCUT2D eigenvalue weighted by Crippen LogP contribution is 2.29. The van der Waals surface area contributed by atoms with E-state index < -0.39 is 0 Å². The summed E-state index contributed by atoms with van der Waals surface area (Å²) in [6.45, 7) is 1.92. The van der Waals surface area contributed by atoms with Crippen LogP contribution in [0.1, 0.15) is 29.0 Å². The van der Waals surface area contributed by atoms with E-state index in [1.54, 1.807) is 12.1 Å². The summed E-state index contributed by atoms with van der Waals surface area (Å²) in [6.07, 6.45) is 0.307. The van der Waals surface area contributed by atoms with E-state index in [1.807, 2.05) is 73.7 Å². The van der Waals surface area contributed by atoms with E-state index in [0.717, 1.165) is 16.7 Å². The van der Waals surface area contributed by atoms with Crippen LogP contribution in [0.25, 0.3) is 0 Å². The second-order valence-electron chi connectivity index (χ2n) is 6.15. The first-order valence-corrected chi connectivity index (χ1v) is 8.33. The summed E-state index contributed by atoms with van der Waals surface area (Å²) < 4.78 is 0. The smallest absolute Gasteiger partial charge is 0.225 e. The Morgan fingerprint density at radius 2 is 1.48 bits per heavy atom. The average Bonchev–Trinajstić information content (AvgIpc) is 2.64. The molecule has 0 unspecified atom stereocenters. The van der Waals surface area contributed by atoms with Crippen LogP contribution in [0.5, 0.6) is 5.75 Å². The summed E-state index contributed by atoms with van der Waals surface area (Å²) in [5.74, 6) is -0.0807. The van der Waals surface area contributed by atoms with Gasteiger partial charge in [-0.05, 0) is 35.7 Å². The number of rotatable bonds is 5. The van der Waals surface area contributed by atoms with Crippen molar-refractivity contribution in [1.82, 2.24) is 0 Å². The number of phenolic OH excluding ortho intramolecular Hbond substituents is 1. The van der Waals surface area contributed by atoms with Gasteiger partial charge in [-0.1, -0.05) is 66.7 Å². The second kappa shape index (κ2) is 7.67. The van der Waals surface area contributed by atoms with Crippen LogP contribution in [0.4, 0.5) is 5.69 Å². The Balaban J connectivity index is 1.83. The van der Waals surface area contributed by atoms with E-state index in [-0.39, 0.29) is 17.6 Å². The van der Waals surface area contributed by atoms with Crippen LogP contribution in [-0.4, -0.2) is 11.0 Å². The van der Waals surface area contributed by atoms with Crippen LogP contribution in [0.15, 0.2) is 78.9 Å². The van der Waals surface area contributed by atoms with Crippen molar-refractivity contribution in [2.45, 2.75) is 19.3 Å². The molecule has 0 bridgehead atoms. The van der Waals surface area contributed by atoms with Gasteiger partial charge in [0.25, 0.3) is 0 Å². The third kappa shape index (κ3) is 4.27. The molecule has 0 aliphatic rings. The molecule has 25 heavy (non-hydrogen) atoms. The monoisotopic (exact) mass is 331 g/mol. The number of hydrogen-bond acceptors (Lipinski definition) is 2. The predicted octanol–water partition coefficient (Wildman–Crippen LogP) is 4.86.